The summed E-state index contributed by atoms with van der Waals surface area (Å²) in [5, 5.41) is 7.30. The molecule has 2 amide bonds. The molecular formula is C20H24N6O3. The number of benzene rings is 1. The van der Waals surface area contributed by atoms with Gasteiger partial charge in [0.2, 0.25) is 0 Å². The number of anilines is 1. The van der Waals surface area contributed by atoms with Crippen molar-refractivity contribution in [3.8, 4) is 0 Å². The number of fused-ring (bicyclic) bond motifs is 2. The van der Waals surface area contributed by atoms with Crippen LogP contribution in [0.15, 0.2) is 24.5 Å². The van der Waals surface area contributed by atoms with Crippen molar-refractivity contribution in [3.05, 3.63) is 41.5 Å². The monoisotopic (exact) mass is 396 g/mol. The molecule has 152 valence electrons. The highest BCUT2D eigenvalue weighted by Crippen LogP contribution is 2.25. The van der Waals surface area contributed by atoms with Crippen molar-refractivity contribution >= 4 is 28.7 Å². The van der Waals surface area contributed by atoms with Gasteiger partial charge in [0.15, 0.2) is 5.69 Å². The number of H-pyrrole nitrogens is 1. The zero-order chi connectivity index (χ0) is 20.8. The second-order valence-electron chi connectivity index (χ2n) is 8.14. The average Bonchev–Trinajstić information content (AvgIpc) is 3.24. The lowest BCUT2D eigenvalue weighted by molar-refractivity contribution is 0.0222. The van der Waals surface area contributed by atoms with Crippen LogP contribution < -0.4 is 5.32 Å². The molecule has 0 saturated carbocycles. The summed E-state index contributed by atoms with van der Waals surface area (Å²) in [5.41, 5.74) is 3.76. The molecule has 9 nitrogen and oxygen atoms in total. The van der Waals surface area contributed by atoms with Gasteiger partial charge in [0.05, 0.1) is 23.9 Å². The summed E-state index contributed by atoms with van der Waals surface area (Å²) in [7, 11) is 1.81. The van der Waals surface area contributed by atoms with E-state index < -0.39 is 5.60 Å². The first-order valence-corrected chi connectivity index (χ1v) is 9.48. The molecule has 1 aliphatic rings. The van der Waals surface area contributed by atoms with Crippen LogP contribution in [0.1, 0.15) is 42.5 Å². The van der Waals surface area contributed by atoms with Gasteiger partial charge in [-0.3, -0.25) is 9.48 Å². The number of aryl methyl sites for hydroxylation is 1. The van der Waals surface area contributed by atoms with Gasteiger partial charge in [0.25, 0.3) is 5.91 Å². The molecule has 0 bridgehead atoms. The van der Waals surface area contributed by atoms with Gasteiger partial charge < -0.3 is 19.9 Å². The fraction of sp³-hybridized carbons (Fsp3) is 0.400. The van der Waals surface area contributed by atoms with Crippen LogP contribution in [0.2, 0.25) is 0 Å². The van der Waals surface area contributed by atoms with E-state index in [1.165, 1.54) is 0 Å². The number of imidazole rings is 1. The third-order valence-electron chi connectivity index (χ3n) is 4.79. The second kappa shape index (κ2) is 6.91. The fourth-order valence-electron chi connectivity index (χ4n) is 3.46. The van der Waals surface area contributed by atoms with Crippen molar-refractivity contribution in [2.24, 2.45) is 7.05 Å². The molecule has 1 aromatic carbocycles. The highest BCUT2D eigenvalue weighted by atomic mass is 16.6. The lowest BCUT2D eigenvalue weighted by atomic mass is 10.0. The zero-order valence-corrected chi connectivity index (χ0v) is 16.9. The first kappa shape index (κ1) is 19.0. The minimum absolute atomic E-state index is 0.292. The summed E-state index contributed by atoms with van der Waals surface area (Å²) in [6.45, 7) is 6.32. The predicted octanol–water partition coefficient (Wildman–Crippen LogP) is 2.84. The normalized spacial score (nSPS) is 14.0. The average molecular weight is 396 g/mol. The molecule has 0 saturated heterocycles. The SMILES string of the molecule is Cn1nc(C(=O)Nc2ccc3nc[nH]c3c2)c2c1CCN(C(=O)OC(C)(C)C)C2. The van der Waals surface area contributed by atoms with E-state index in [9.17, 15) is 9.59 Å². The molecule has 29 heavy (non-hydrogen) atoms. The van der Waals surface area contributed by atoms with Gasteiger partial charge in [0.1, 0.15) is 5.60 Å². The van der Waals surface area contributed by atoms with Crippen molar-refractivity contribution in [3.63, 3.8) is 0 Å². The highest BCUT2D eigenvalue weighted by Gasteiger charge is 2.31. The molecule has 2 N–H and O–H groups in total. The minimum atomic E-state index is -0.572. The number of aromatic amines is 1. The summed E-state index contributed by atoms with van der Waals surface area (Å²) in [4.78, 5) is 34.2. The Morgan fingerprint density at radius 3 is 2.83 bits per heavy atom. The Morgan fingerprint density at radius 1 is 1.28 bits per heavy atom. The molecule has 1 aliphatic heterocycles. The molecule has 9 heteroatoms. The fourth-order valence-corrected chi connectivity index (χ4v) is 3.46. The van der Waals surface area contributed by atoms with Gasteiger partial charge >= 0.3 is 6.09 Å². The van der Waals surface area contributed by atoms with E-state index in [0.717, 1.165) is 22.3 Å². The van der Waals surface area contributed by atoms with E-state index in [-0.39, 0.29) is 12.0 Å². The molecule has 0 spiro atoms. The van der Waals surface area contributed by atoms with E-state index in [1.807, 2.05) is 40.0 Å². The van der Waals surface area contributed by atoms with Crippen LogP contribution in [-0.2, 0) is 24.8 Å². The number of rotatable bonds is 2. The van der Waals surface area contributed by atoms with Crippen molar-refractivity contribution in [1.29, 1.82) is 0 Å². The summed E-state index contributed by atoms with van der Waals surface area (Å²) in [6.07, 6.45) is 1.84. The van der Waals surface area contributed by atoms with E-state index in [4.69, 9.17) is 4.74 Å². The second-order valence-corrected chi connectivity index (χ2v) is 8.14. The number of nitrogens with one attached hydrogen (secondary N) is 2. The largest absolute Gasteiger partial charge is 0.444 e. The van der Waals surface area contributed by atoms with Gasteiger partial charge in [0, 0.05) is 37.0 Å². The first-order valence-electron chi connectivity index (χ1n) is 9.48. The number of amides is 2. The van der Waals surface area contributed by atoms with E-state index >= 15 is 0 Å². The molecule has 3 aromatic rings. The first-order chi connectivity index (χ1) is 13.7. The van der Waals surface area contributed by atoms with Gasteiger partial charge in [-0.1, -0.05) is 0 Å². The quantitative estimate of drug-likeness (QED) is 0.693. The summed E-state index contributed by atoms with van der Waals surface area (Å²) in [6, 6.07) is 5.45. The Hall–Kier alpha value is -3.36. The van der Waals surface area contributed by atoms with Gasteiger partial charge in [-0.25, -0.2) is 9.78 Å². The number of nitrogens with zero attached hydrogens (tertiary/aromatic N) is 4. The zero-order valence-electron chi connectivity index (χ0n) is 16.9. The standard InChI is InChI=1S/C20H24N6O3/c1-20(2,3)29-19(28)26-8-7-16-13(10-26)17(24-25(16)4)18(27)23-12-5-6-14-15(9-12)22-11-21-14/h5-6,9,11H,7-8,10H2,1-4H3,(H,21,22)(H,23,27). The van der Waals surface area contributed by atoms with Crippen molar-refractivity contribution in [2.45, 2.75) is 39.3 Å². The van der Waals surface area contributed by atoms with Gasteiger partial charge in [-0.2, -0.15) is 5.10 Å². The lowest BCUT2D eigenvalue weighted by Gasteiger charge is -2.30. The Bertz CT molecular complexity index is 1090. The number of carbonyl (C=O) groups is 2. The van der Waals surface area contributed by atoms with Crippen LogP contribution in [0.25, 0.3) is 11.0 Å². The van der Waals surface area contributed by atoms with Crippen LogP contribution in [-0.4, -0.2) is 48.8 Å². The number of aromatic nitrogens is 4. The molecule has 0 unspecified atom stereocenters. The van der Waals surface area contributed by atoms with Crippen LogP contribution in [0.3, 0.4) is 0 Å². The van der Waals surface area contributed by atoms with Crippen LogP contribution in [0, 0.1) is 0 Å². The molecule has 0 fully saturated rings. The number of hydrogen-bond donors (Lipinski definition) is 2. The van der Waals surface area contributed by atoms with E-state index in [2.05, 4.69) is 20.4 Å². The van der Waals surface area contributed by atoms with Crippen LogP contribution >= 0.6 is 0 Å². The number of hydrogen-bond acceptors (Lipinski definition) is 5. The number of carbonyl (C=O) groups excluding carboxylic acids is 2. The van der Waals surface area contributed by atoms with Crippen LogP contribution in [0.5, 0.6) is 0 Å². The van der Waals surface area contributed by atoms with Gasteiger partial charge in [-0.05, 0) is 39.0 Å². The Balaban J connectivity index is 1.56. The van der Waals surface area contributed by atoms with E-state index in [0.29, 0.717) is 30.9 Å². The maximum absolute atomic E-state index is 12.9. The Kier molecular flexibility index (Phi) is 4.52. The third kappa shape index (κ3) is 3.80. The van der Waals surface area contributed by atoms with Crippen LogP contribution in [0.4, 0.5) is 10.5 Å². The Labute approximate surface area is 168 Å². The molecule has 2 aromatic heterocycles. The molecule has 3 heterocycles. The van der Waals surface area contributed by atoms with Crippen molar-refractivity contribution in [2.75, 3.05) is 11.9 Å². The molecular weight excluding hydrogens is 372 g/mol. The molecule has 0 atom stereocenters. The van der Waals surface area contributed by atoms with Crippen molar-refractivity contribution in [1.82, 2.24) is 24.6 Å². The minimum Gasteiger partial charge on any atom is -0.444 e. The van der Waals surface area contributed by atoms with E-state index in [1.54, 1.807) is 22.0 Å². The molecule has 4 rings (SSSR count). The third-order valence-corrected chi connectivity index (χ3v) is 4.79. The maximum atomic E-state index is 12.9. The predicted molar refractivity (Wildman–Crippen MR) is 108 cm³/mol. The van der Waals surface area contributed by atoms with Crippen molar-refractivity contribution < 1.29 is 14.3 Å². The molecule has 0 radical (unpaired) electrons. The summed E-state index contributed by atoms with van der Waals surface area (Å²) < 4.78 is 7.20. The smallest absolute Gasteiger partial charge is 0.410 e. The highest BCUT2D eigenvalue weighted by molar-refractivity contribution is 6.04. The summed E-state index contributed by atoms with van der Waals surface area (Å²) >= 11 is 0. The molecule has 0 aliphatic carbocycles. The Morgan fingerprint density at radius 2 is 2.07 bits per heavy atom. The lowest BCUT2D eigenvalue weighted by Crippen LogP contribution is -2.40. The summed E-state index contributed by atoms with van der Waals surface area (Å²) in [5.74, 6) is -0.313. The number of ether oxygens (including phenoxy) is 1. The van der Waals surface area contributed by atoms with Gasteiger partial charge in [-0.15, -0.1) is 0 Å². The maximum Gasteiger partial charge on any atom is 0.410 e. The topological polar surface area (TPSA) is 105 Å².